The minimum Gasteiger partial charge on any atom is -0.481 e. The lowest BCUT2D eigenvalue weighted by Crippen LogP contribution is -2.65. The number of halogens is 1. The number of benzene rings is 4. The fourth-order valence-corrected chi connectivity index (χ4v) is 12.5. The third-order valence-corrected chi connectivity index (χ3v) is 15.7. The lowest BCUT2D eigenvalue weighted by molar-refractivity contribution is -0.138. The highest BCUT2D eigenvalue weighted by Crippen LogP contribution is 2.50. The standard InChI is InChI=1S/C38H44FO5PSi/c1-7-30(5)46(33-14-10-8-11-15-33,34-16-12-9-13-17-34)44-32(25-38(40)41)26-45(42,43-6)21-20-35-28(3)22-27(2)23-36(35)31-18-19-37(39)29(4)24-31/h8-24,30,32H,7,25-26H2,1-6H3,(H,40,41)/b21-20+/t30-,32?,45?/m1/s1. The molecular weight excluding hydrogens is 614 g/mol. The van der Waals surface area contributed by atoms with Gasteiger partial charge in [-0.3, -0.25) is 9.36 Å². The molecule has 0 heterocycles. The second kappa shape index (κ2) is 15.3. The molecule has 0 bridgehead atoms. The van der Waals surface area contributed by atoms with Crippen molar-refractivity contribution in [2.75, 3.05) is 13.3 Å². The second-order valence-corrected chi connectivity index (χ2v) is 18.4. The highest BCUT2D eigenvalue weighted by molar-refractivity contribution is 7.62. The Hall–Kier alpha value is -3.61. The number of hydrogen-bond acceptors (Lipinski definition) is 4. The predicted octanol–water partition coefficient (Wildman–Crippen LogP) is 8.73. The Bertz CT molecular complexity index is 1680. The van der Waals surface area contributed by atoms with E-state index < -0.39 is 27.8 Å². The van der Waals surface area contributed by atoms with Crippen molar-refractivity contribution in [1.82, 2.24) is 0 Å². The van der Waals surface area contributed by atoms with Crippen LogP contribution in [0.4, 0.5) is 4.39 Å². The third-order valence-electron chi connectivity index (χ3n) is 8.70. The number of carboxylic acid groups (broad SMARTS) is 1. The van der Waals surface area contributed by atoms with Crippen LogP contribution in [0.5, 0.6) is 0 Å². The molecule has 0 aliphatic rings. The highest BCUT2D eigenvalue weighted by atomic mass is 31.2. The van der Waals surface area contributed by atoms with Crippen LogP contribution in [0.25, 0.3) is 17.2 Å². The van der Waals surface area contributed by atoms with Crippen molar-refractivity contribution < 1.29 is 27.8 Å². The zero-order chi connectivity index (χ0) is 33.5. The molecule has 0 saturated carbocycles. The molecule has 1 N–H and O–H groups in total. The fourth-order valence-electron chi connectivity index (χ4n) is 6.17. The Morgan fingerprint density at radius 3 is 2.07 bits per heavy atom. The molecule has 4 aromatic carbocycles. The molecule has 5 nitrogen and oxygen atoms in total. The quantitative estimate of drug-likeness (QED) is 0.108. The van der Waals surface area contributed by atoms with Gasteiger partial charge in [-0.1, -0.05) is 105 Å². The molecule has 2 unspecified atom stereocenters. The molecule has 0 radical (unpaired) electrons. The molecule has 3 atom stereocenters. The molecule has 0 spiro atoms. The molecule has 0 aliphatic carbocycles. The number of hydrogen-bond donors (Lipinski definition) is 1. The van der Waals surface area contributed by atoms with Gasteiger partial charge in [0.15, 0.2) is 0 Å². The van der Waals surface area contributed by atoms with Gasteiger partial charge >= 0.3 is 5.97 Å². The Labute approximate surface area is 273 Å². The van der Waals surface area contributed by atoms with Gasteiger partial charge < -0.3 is 14.1 Å². The summed E-state index contributed by atoms with van der Waals surface area (Å²) in [6, 6.07) is 29.1. The zero-order valence-corrected chi connectivity index (χ0v) is 29.4. The Balaban J connectivity index is 1.79. The zero-order valence-electron chi connectivity index (χ0n) is 27.5. The summed E-state index contributed by atoms with van der Waals surface area (Å²) in [6.07, 6.45) is 1.30. The molecule has 0 fully saturated rings. The average Bonchev–Trinajstić information content (AvgIpc) is 3.04. The van der Waals surface area contributed by atoms with Crippen LogP contribution in [0.1, 0.15) is 48.9 Å². The van der Waals surface area contributed by atoms with Crippen LogP contribution in [-0.4, -0.2) is 38.8 Å². The van der Waals surface area contributed by atoms with E-state index in [1.54, 1.807) is 30.9 Å². The predicted molar refractivity (Wildman–Crippen MR) is 189 cm³/mol. The van der Waals surface area contributed by atoms with Crippen molar-refractivity contribution in [3.63, 3.8) is 0 Å². The van der Waals surface area contributed by atoms with Crippen molar-refractivity contribution >= 4 is 38.1 Å². The molecule has 8 heteroatoms. The lowest BCUT2D eigenvalue weighted by atomic mass is 9.93. The van der Waals surface area contributed by atoms with Crippen LogP contribution in [-0.2, 0) is 18.3 Å². The summed E-state index contributed by atoms with van der Waals surface area (Å²) in [7, 11) is -5.21. The summed E-state index contributed by atoms with van der Waals surface area (Å²) in [5, 5.41) is 12.1. The molecule has 0 saturated heterocycles. The number of carbonyl (C=O) groups is 1. The van der Waals surface area contributed by atoms with E-state index in [-0.39, 0.29) is 23.9 Å². The van der Waals surface area contributed by atoms with Gasteiger partial charge in [0.25, 0.3) is 8.32 Å². The van der Waals surface area contributed by atoms with Gasteiger partial charge in [-0.05, 0) is 82.7 Å². The number of aryl methyl sites for hydroxylation is 3. The first-order valence-electron chi connectivity index (χ1n) is 15.6. The molecule has 4 aromatic rings. The normalized spacial score (nSPS) is 14.6. The maximum atomic E-state index is 14.5. The molecule has 46 heavy (non-hydrogen) atoms. The van der Waals surface area contributed by atoms with E-state index in [2.05, 4.69) is 38.1 Å². The minimum atomic E-state index is -3.55. The topological polar surface area (TPSA) is 72.8 Å². The Morgan fingerprint density at radius 2 is 1.54 bits per heavy atom. The van der Waals surface area contributed by atoms with Crippen molar-refractivity contribution in [3.8, 4) is 11.1 Å². The van der Waals surface area contributed by atoms with E-state index >= 15 is 0 Å². The number of aliphatic carboxylic acids is 1. The Kier molecular flexibility index (Phi) is 11.7. The summed E-state index contributed by atoms with van der Waals surface area (Å²) in [5.41, 5.74) is 5.20. The highest BCUT2D eigenvalue weighted by Gasteiger charge is 2.47. The van der Waals surface area contributed by atoms with E-state index in [4.69, 9.17) is 8.95 Å². The SMILES string of the molecule is CC[C@@H](C)[Si](OC(CC(=O)O)CP(=O)(/C=C/c1c(C)cc(C)cc1-c1ccc(F)c(C)c1)OC)(c1ccccc1)c1ccccc1. The summed E-state index contributed by atoms with van der Waals surface area (Å²) in [6.45, 7) is 9.97. The van der Waals surface area contributed by atoms with Gasteiger partial charge in [-0.15, -0.1) is 0 Å². The van der Waals surface area contributed by atoms with Gasteiger partial charge in [0.1, 0.15) is 5.82 Å². The second-order valence-electron chi connectivity index (χ2n) is 12.0. The van der Waals surface area contributed by atoms with Gasteiger partial charge in [0.2, 0.25) is 7.37 Å². The van der Waals surface area contributed by atoms with Crippen molar-refractivity contribution in [3.05, 3.63) is 125 Å². The van der Waals surface area contributed by atoms with E-state index in [0.29, 0.717) is 5.56 Å². The molecule has 0 amide bonds. The summed E-state index contributed by atoms with van der Waals surface area (Å²) < 4.78 is 41.4. The van der Waals surface area contributed by atoms with Crippen LogP contribution in [0.2, 0.25) is 5.54 Å². The van der Waals surface area contributed by atoms with Crippen molar-refractivity contribution in [2.24, 2.45) is 0 Å². The van der Waals surface area contributed by atoms with Crippen molar-refractivity contribution in [2.45, 2.75) is 59.1 Å². The van der Waals surface area contributed by atoms with E-state index in [1.165, 1.54) is 13.2 Å². The van der Waals surface area contributed by atoms with Gasteiger partial charge in [0, 0.05) is 12.9 Å². The third kappa shape index (κ3) is 8.02. The first kappa shape index (κ1) is 35.2. The summed E-state index contributed by atoms with van der Waals surface area (Å²) in [4.78, 5) is 12.3. The van der Waals surface area contributed by atoms with E-state index in [0.717, 1.165) is 44.6 Å². The number of carboxylic acids is 1. The van der Waals surface area contributed by atoms with Crippen LogP contribution in [0, 0.1) is 26.6 Å². The van der Waals surface area contributed by atoms with E-state index in [9.17, 15) is 18.9 Å². The maximum Gasteiger partial charge on any atom is 0.305 e. The monoisotopic (exact) mass is 658 g/mol. The van der Waals surface area contributed by atoms with Gasteiger partial charge in [-0.25, -0.2) is 4.39 Å². The first-order valence-corrected chi connectivity index (χ1v) is 19.5. The minimum absolute atomic E-state index is 0.0861. The van der Waals surface area contributed by atoms with Crippen molar-refractivity contribution in [1.29, 1.82) is 0 Å². The molecule has 0 aromatic heterocycles. The van der Waals surface area contributed by atoms with Crippen LogP contribution < -0.4 is 10.4 Å². The smallest absolute Gasteiger partial charge is 0.305 e. The Morgan fingerprint density at radius 1 is 0.935 bits per heavy atom. The van der Waals surface area contributed by atoms with Crippen LogP contribution in [0.15, 0.2) is 96.8 Å². The van der Waals surface area contributed by atoms with Crippen LogP contribution >= 0.6 is 7.37 Å². The molecule has 4 rings (SSSR count). The summed E-state index contributed by atoms with van der Waals surface area (Å²) >= 11 is 0. The average molecular weight is 659 g/mol. The van der Waals surface area contributed by atoms with Gasteiger partial charge in [-0.2, -0.15) is 0 Å². The maximum absolute atomic E-state index is 14.5. The largest absolute Gasteiger partial charge is 0.481 e. The van der Waals surface area contributed by atoms with E-state index in [1.807, 2.05) is 62.4 Å². The first-order chi connectivity index (χ1) is 21.9. The molecule has 242 valence electrons. The lowest BCUT2D eigenvalue weighted by Gasteiger charge is -2.40. The fraction of sp³-hybridized carbons (Fsp3) is 0.289. The van der Waals surface area contributed by atoms with Gasteiger partial charge in [0.05, 0.1) is 18.7 Å². The molecule has 0 aliphatic heterocycles. The molecular formula is C38H44FO5PSi. The summed E-state index contributed by atoms with van der Waals surface area (Å²) in [5.74, 6) is 0.259. The number of rotatable bonds is 14. The van der Waals surface area contributed by atoms with Crippen LogP contribution in [0.3, 0.4) is 0 Å².